The molecule has 0 amide bonds. The van der Waals surface area contributed by atoms with Gasteiger partial charge in [-0.25, -0.2) is 4.79 Å². The summed E-state index contributed by atoms with van der Waals surface area (Å²) in [4.78, 5) is 29.2. The lowest BCUT2D eigenvalue weighted by Crippen LogP contribution is -2.26. The molecule has 0 radical (unpaired) electrons. The second kappa shape index (κ2) is 7.79. The van der Waals surface area contributed by atoms with E-state index in [1.54, 1.807) is 36.4 Å². The van der Waals surface area contributed by atoms with Crippen LogP contribution in [0.15, 0.2) is 54.6 Å². The summed E-state index contributed by atoms with van der Waals surface area (Å²) in [6.07, 6.45) is -2.44. The van der Waals surface area contributed by atoms with Gasteiger partial charge in [0.25, 0.3) is 0 Å². The molecule has 7 nitrogen and oxygen atoms in total. The third-order valence-electron chi connectivity index (χ3n) is 6.11. The molecule has 34 heavy (non-hydrogen) atoms. The van der Waals surface area contributed by atoms with Crippen LogP contribution >= 0.6 is 0 Å². The van der Waals surface area contributed by atoms with E-state index in [-0.39, 0.29) is 36.4 Å². The lowest BCUT2D eigenvalue weighted by atomic mass is 9.88. The molecule has 1 aliphatic carbocycles. The van der Waals surface area contributed by atoms with Crippen molar-refractivity contribution in [2.75, 3.05) is 7.11 Å². The van der Waals surface area contributed by atoms with Crippen LogP contribution in [-0.4, -0.2) is 35.2 Å². The van der Waals surface area contributed by atoms with E-state index in [1.165, 1.54) is 25.3 Å². The maximum absolute atomic E-state index is 13.4. The highest BCUT2D eigenvalue weighted by Crippen LogP contribution is 2.52. The summed E-state index contributed by atoms with van der Waals surface area (Å²) in [5, 5.41) is 9.27. The number of pyridine rings is 1. The predicted molar refractivity (Wildman–Crippen MR) is 118 cm³/mol. The Morgan fingerprint density at radius 1 is 1.09 bits per heavy atom. The molecule has 0 spiro atoms. The quantitative estimate of drug-likeness (QED) is 0.528. The van der Waals surface area contributed by atoms with Crippen molar-refractivity contribution in [3.05, 3.63) is 71.4 Å². The lowest BCUT2D eigenvalue weighted by Gasteiger charge is -2.15. The highest BCUT2D eigenvalue weighted by Gasteiger charge is 2.52. The number of nitrogens with zero attached hydrogens (tertiary/aromatic N) is 1. The molecule has 0 atom stereocenters. The Bertz CT molecular complexity index is 1330. The van der Waals surface area contributed by atoms with E-state index in [2.05, 4.69) is 14.5 Å². The van der Waals surface area contributed by atoms with Gasteiger partial charge in [-0.2, -0.15) is 0 Å². The van der Waals surface area contributed by atoms with Gasteiger partial charge in [0.05, 0.1) is 18.2 Å². The number of halogens is 2. The highest BCUT2D eigenvalue weighted by molar-refractivity contribution is 5.95. The lowest BCUT2D eigenvalue weighted by molar-refractivity contribution is -0.286. The molecule has 0 unspecified atom stereocenters. The normalized spacial score (nSPS) is 16.7. The van der Waals surface area contributed by atoms with Gasteiger partial charge in [-0.15, -0.1) is 8.78 Å². The van der Waals surface area contributed by atoms with Crippen LogP contribution in [0.5, 0.6) is 17.2 Å². The molecule has 2 heterocycles. The monoisotopic (exact) mass is 469 g/mol. The summed E-state index contributed by atoms with van der Waals surface area (Å²) < 4.78 is 40.9. The Balaban J connectivity index is 0.00000289. The van der Waals surface area contributed by atoms with Crippen LogP contribution in [0.3, 0.4) is 0 Å². The number of carbonyl (C=O) groups is 2. The van der Waals surface area contributed by atoms with E-state index in [4.69, 9.17) is 4.74 Å². The third kappa shape index (κ3) is 3.83. The zero-order valence-corrected chi connectivity index (χ0v) is 18.0. The number of hydrogen-bond acceptors (Lipinski definition) is 6. The first-order valence-corrected chi connectivity index (χ1v) is 10.5. The fraction of sp³-hybridized carbons (Fsp3) is 0.240. The van der Waals surface area contributed by atoms with Gasteiger partial charge in [0.15, 0.2) is 11.5 Å². The highest BCUT2D eigenvalue weighted by atomic mass is 19.3. The SMILES string of the molecule is COc1cc(-c2cccc(CC(=O)C3(c4ccc5c(c4)OC(F)(F)O5)CC3)n2)ccc1C(=O)O.[HH]. The number of carboxylic acid groups (broad SMARTS) is 1. The van der Waals surface area contributed by atoms with Crippen molar-refractivity contribution in [1.82, 2.24) is 4.98 Å². The molecule has 2 aliphatic rings. The number of carbonyl (C=O) groups excluding carboxylic acids is 1. The number of ketones is 1. The number of methoxy groups -OCH3 is 1. The molecule has 3 aromatic rings. The largest absolute Gasteiger partial charge is 0.586 e. The minimum atomic E-state index is -3.71. The van der Waals surface area contributed by atoms with Crippen molar-refractivity contribution < 1.29 is 39.1 Å². The van der Waals surface area contributed by atoms with Crippen molar-refractivity contribution in [1.29, 1.82) is 0 Å². The van der Waals surface area contributed by atoms with E-state index in [0.29, 0.717) is 35.4 Å². The number of ether oxygens (including phenoxy) is 3. The van der Waals surface area contributed by atoms with E-state index in [1.807, 2.05) is 0 Å². The number of carboxylic acids is 1. The molecule has 5 rings (SSSR count). The summed E-state index contributed by atoms with van der Waals surface area (Å²) in [7, 11) is 1.39. The van der Waals surface area contributed by atoms with E-state index in [9.17, 15) is 23.5 Å². The summed E-state index contributed by atoms with van der Waals surface area (Å²) in [6.45, 7) is 0. The Hall–Kier alpha value is -4.01. The van der Waals surface area contributed by atoms with E-state index < -0.39 is 17.7 Å². The average molecular weight is 469 g/mol. The number of hydrogen-bond donors (Lipinski definition) is 1. The van der Waals surface area contributed by atoms with Crippen molar-refractivity contribution in [2.24, 2.45) is 0 Å². The van der Waals surface area contributed by atoms with Gasteiger partial charge in [0.2, 0.25) is 0 Å². The molecule has 0 saturated heterocycles. The minimum absolute atomic E-state index is 0. The molecule has 9 heteroatoms. The summed E-state index contributed by atoms with van der Waals surface area (Å²) in [6, 6.07) is 14.4. The standard InChI is InChI=1S/C25H19F2NO6.H2/c1-32-20-11-14(5-7-17(20)23(30)31)18-4-2-3-16(28-18)13-22(29)24(9-10-24)15-6-8-19-21(12-15)34-25(26,27)33-19;/h2-8,11-12H,9-10,13H2,1H3,(H,30,31);1H. The molecule has 1 aliphatic heterocycles. The average Bonchev–Trinajstić information content (AvgIpc) is 3.56. The topological polar surface area (TPSA) is 95.0 Å². The Morgan fingerprint density at radius 3 is 2.56 bits per heavy atom. The first kappa shape index (κ1) is 21.8. The van der Waals surface area contributed by atoms with Crippen LogP contribution in [0.1, 0.15) is 35.9 Å². The van der Waals surface area contributed by atoms with Gasteiger partial charge in [0.1, 0.15) is 17.1 Å². The molecule has 1 aromatic heterocycles. The summed E-state index contributed by atoms with van der Waals surface area (Å²) in [5.41, 5.74) is 1.64. The number of benzene rings is 2. The Morgan fingerprint density at radius 2 is 1.85 bits per heavy atom. The number of Topliss-reactive ketones (excluding diaryl/α,β-unsaturated/α-hetero) is 1. The zero-order valence-electron chi connectivity index (χ0n) is 18.0. The summed E-state index contributed by atoms with van der Waals surface area (Å²) in [5.74, 6) is -1.10. The van der Waals surface area contributed by atoms with Gasteiger partial charge in [0, 0.05) is 19.1 Å². The van der Waals surface area contributed by atoms with Gasteiger partial charge in [-0.3, -0.25) is 9.78 Å². The van der Waals surface area contributed by atoms with Crippen LogP contribution in [0, 0.1) is 0 Å². The van der Waals surface area contributed by atoms with E-state index >= 15 is 0 Å². The van der Waals surface area contributed by atoms with Crippen LogP contribution in [0.4, 0.5) is 8.78 Å². The maximum Gasteiger partial charge on any atom is 0.586 e. The van der Waals surface area contributed by atoms with Gasteiger partial charge in [-0.1, -0.05) is 18.2 Å². The van der Waals surface area contributed by atoms with Crippen molar-refractivity contribution in [3.8, 4) is 28.5 Å². The van der Waals surface area contributed by atoms with Crippen LogP contribution in [0.25, 0.3) is 11.3 Å². The Kier molecular flexibility index (Phi) is 5.00. The van der Waals surface area contributed by atoms with Gasteiger partial charge < -0.3 is 19.3 Å². The number of aromatic carboxylic acids is 1. The molecule has 0 bridgehead atoms. The third-order valence-corrected chi connectivity index (χ3v) is 6.11. The fourth-order valence-corrected chi connectivity index (χ4v) is 4.20. The van der Waals surface area contributed by atoms with Gasteiger partial charge >= 0.3 is 12.3 Å². The number of rotatable bonds is 7. The molecule has 1 N–H and O–H groups in total. The fourth-order valence-electron chi connectivity index (χ4n) is 4.20. The zero-order chi connectivity index (χ0) is 24.1. The van der Waals surface area contributed by atoms with Crippen molar-refractivity contribution in [3.63, 3.8) is 0 Å². The number of alkyl halides is 2. The molecule has 176 valence electrons. The first-order chi connectivity index (χ1) is 16.2. The molecule has 1 saturated carbocycles. The predicted octanol–water partition coefficient (Wildman–Crippen LogP) is 4.87. The molecule has 2 aromatic carbocycles. The molecule has 1 fully saturated rings. The van der Waals surface area contributed by atoms with Crippen LogP contribution < -0.4 is 14.2 Å². The Labute approximate surface area is 194 Å². The van der Waals surface area contributed by atoms with Crippen molar-refractivity contribution >= 4 is 11.8 Å². The van der Waals surface area contributed by atoms with Crippen LogP contribution in [-0.2, 0) is 16.6 Å². The summed E-state index contributed by atoms with van der Waals surface area (Å²) >= 11 is 0. The maximum atomic E-state index is 13.4. The van der Waals surface area contributed by atoms with Crippen molar-refractivity contribution in [2.45, 2.75) is 31.0 Å². The molecular formula is C25H21F2NO6. The second-order valence-electron chi connectivity index (χ2n) is 8.25. The van der Waals surface area contributed by atoms with Gasteiger partial charge in [-0.05, 0) is 54.8 Å². The first-order valence-electron chi connectivity index (χ1n) is 10.5. The van der Waals surface area contributed by atoms with Crippen LogP contribution in [0.2, 0.25) is 0 Å². The molecular weight excluding hydrogens is 448 g/mol. The smallest absolute Gasteiger partial charge is 0.496 e. The minimum Gasteiger partial charge on any atom is -0.496 e. The second-order valence-corrected chi connectivity index (χ2v) is 8.25. The number of aromatic nitrogens is 1. The number of fused-ring (bicyclic) bond motifs is 1. The van der Waals surface area contributed by atoms with E-state index in [0.717, 1.165) is 0 Å².